The molecule has 0 aliphatic heterocycles. The highest BCUT2D eigenvalue weighted by Gasteiger charge is 2.41. The van der Waals surface area contributed by atoms with E-state index in [1.165, 1.54) is 25.0 Å². The summed E-state index contributed by atoms with van der Waals surface area (Å²) >= 11 is 0. The molecule has 0 aromatic heterocycles. The van der Waals surface area contributed by atoms with Gasteiger partial charge in [0.15, 0.2) is 0 Å². The van der Waals surface area contributed by atoms with Crippen molar-refractivity contribution in [2.45, 2.75) is 25.4 Å². The van der Waals surface area contributed by atoms with Crippen LogP contribution in [0.15, 0.2) is 24.3 Å². The minimum absolute atomic E-state index is 0.0374. The van der Waals surface area contributed by atoms with E-state index in [2.05, 4.69) is 5.32 Å². The molecule has 0 bridgehead atoms. The number of aliphatic hydroxyl groups is 1. The van der Waals surface area contributed by atoms with Crippen molar-refractivity contribution in [1.29, 1.82) is 0 Å². The lowest BCUT2D eigenvalue weighted by Crippen LogP contribution is -2.29. The van der Waals surface area contributed by atoms with Gasteiger partial charge in [-0.15, -0.1) is 0 Å². The zero-order chi connectivity index (χ0) is 15.3. The van der Waals surface area contributed by atoms with Gasteiger partial charge in [0.25, 0.3) is 5.69 Å². The monoisotopic (exact) mass is 294 g/mol. The van der Waals surface area contributed by atoms with E-state index in [9.17, 15) is 15.2 Å². The van der Waals surface area contributed by atoms with Crippen LogP contribution in [-0.4, -0.2) is 36.8 Å². The molecule has 1 aromatic rings. The number of nitro benzene ring substituents is 1. The Morgan fingerprint density at radius 1 is 1.43 bits per heavy atom. The molecule has 0 amide bonds. The number of hydrogen-bond donors (Lipinski definition) is 2. The molecule has 6 nitrogen and oxygen atoms in total. The van der Waals surface area contributed by atoms with Crippen LogP contribution in [0, 0.1) is 15.5 Å². The molecule has 6 heteroatoms. The Bertz CT molecular complexity index is 471. The van der Waals surface area contributed by atoms with Crippen molar-refractivity contribution in [2.24, 2.45) is 5.41 Å². The highest BCUT2D eigenvalue weighted by atomic mass is 16.6. The Kier molecular flexibility index (Phi) is 5.27. The quantitative estimate of drug-likeness (QED) is 0.538. The maximum Gasteiger partial charge on any atom is 0.269 e. The summed E-state index contributed by atoms with van der Waals surface area (Å²) in [5.41, 5.74) is 1.07. The molecule has 1 unspecified atom stereocenters. The number of non-ortho nitro benzene ring substituents is 1. The van der Waals surface area contributed by atoms with Crippen LogP contribution in [-0.2, 0) is 4.74 Å². The third-order valence-electron chi connectivity index (χ3n) is 4.12. The Balaban J connectivity index is 1.76. The largest absolute Gasteiger partial charge is 0.387 e. The molecule has 0 heterocycles. The van der Waals surface area contributed by atoms with Gasteiger partial charge in [0.2, 0.25) is 0 Å². The SMILES string of the molecule is COCCC1(CNCC(O)c2ccc([N+](=O)[O-])cc2)CC1. The zero-order valence-corrected chi connectivity index (χ0v) is 12.2. The summed E-state index contributed by atoms with van der Waals surface area (Å²) < 4.78 is 5.11. The fourth-order valence-electron chi connectivity index (χ4n) is 2.42. The zero-order valence-electron chi connectivity index (χ0n) is 12.2. The van der Waals surface area contributed by atoms with E-state index in [-0.39, 0.29) is 5.69 Å². The Morgan fingerprint density at radius 3 is 2.62 bits per heavy atom. The van der Waals surface area contributed by atoms with Crippen LogP contribution in [0.1, 0.15) is 30.9 Å². The molecule has 1 atom stereocenters. The Hall–Kier alpha value is -1.50. The molecule has 21 heavy (non-hydrogen) atoms. The topological polar surface area (TPSA) is 84.6 Å². The predicted molar refractivity (Wildman–Crippen MR) is 79.1 cm³/mol. The van der Waals surface area contributed by atoms with Crippen molar-refractivity contribution in [1.82, 2.24) is 5.32 Å². The summed E-state index contributed by atoms with van der Waals surface area (Å²) in [5, 5.41) is 24.0. The van der Waals surface area contributed by atoms with Gasteiger partial charge in [-0.05, 0) is 42.4 Å². The highest BCUT2D eigenvalue weighted by Crippen LogP contribution is 2.48. The number of ether oxygens (including phenoxy) is 1. The molecule has 1 aliphatic rings. The lowest BCUT2D eigenvalue weighted by Gasteiger charge is -2.17. The van der Waals surface area contributed by atoms with Gasteiger partial charge in [-0.1, -0.05) is 0 Å². The van der Waals surface area contributed by atoms with Gasteiger partial charge in [0.05, 0.1) is 11.0 Å². The smallest absolute Gasteiger partial charge is 0.269 e. The van der Waals surface area contributed by atoms with Gasteiger partial charge in [0.1, 0.15) is 0 Å². The maximum atomic E-state index is 10.6. The number of aliphatic hydroxyl groups excluding tert-OH is 1. The van der Waals surface area contributed by atoms with Crippen LogP contribution in [0.3, 0.4) is 0 Å². The second-order valence-corrected chi connectivity index (χ2v) is 5.74. The van der Waals surface area contributed by atoms with E-state index < -0.39 is 11.0 Å². The van der Waals surface area contributed by atoms with Crippen LogP contribution in [0.25, 0.3) is 0 Å². The van der Waals surface area contributed by atoms with Crippen molar-refractivity contribution in [3.05, 3.63) is 39.9 Å². The lowest BCUT2D eigenvalue weighted by atomic mass is 10.0. The van der Waals surface area contributed by atoms with Crippen LogP contribution < -0.4 is 5.32 Å². The van der Waals surface area contributed by atoms with Gasteiger partial charge in [-0.2, -0.15) is 0 Å². The van der Waals surface area contributed by atoms with E-state index >= 15 is 0 Å². The molecular weight excluding hydrogens is 272 g/mol. The summed E-state index contributed by atoms with van der Waals surface area (Å²) in [6.45, 7) is 2.10. The first-order valence-electron chi connectivity index (χ1n) is 7.18. The van der Waals surface area contributed by atoms with E-state index in [0.717, 1.165) is 19.6 Å². The summed E-state index contributed by atoms with van der Waals surface area (Å²) in [6.07, 6.45) is 2.81. The summed E-state index contributed by atoms with van der Waals surface area (Å²) in [5.74, 6) is 0. The third-order valence-corrected chi connectivity index (χ3v) is 4.12. The molecule has 0 saturated heterocycles. The first-order valence-corrected chi connectivity index (χ1v) is 7.18. The number of nitrogens with one attached hydrogen (secondary N) is 1. The molecule has 0 radical (unpaired) electrons. The predicted octanol–water partition coefficient (Wildman–Crippen LogP) is 2.03. The average molecular weight is 294 g/mol. The minimum Gasteiger partial charge on any atom is -0.387 e. The fourth-order valence-corrected chi connectivity index (χ4v) is 2.42. The highest BCUT2D eigenvalue weighted by molar-refractivity contribution is 5.33. The van der Waals surface area contributed by atoms with Crippen LogP contribution in [0.5, 0.6) is 0 Å². The summed E-state index contributed by atoms with van der Waals surface area (Å²) in [4.78, 5) is 10.1. The van der Waals surface area contributed by atoms with Crippen LogP contribution in [0.2, 0.25) is 0 Å². The van der Waals surface area contributed by atoms with Gasteiger partial charge in [-0.3, -0.25) is 10.1 Å². The third kappa shape index (κ3) is 4.49. The van der Waals surface area contributed by atoms with Crippen LogP contribution in [0.4, 0.5) is 5.69 Å². The number of benzene rings is 1. The van der Waals surface area contributed by atoms with Crippen molar-refractivity contribution >= 4 is 5.69 Å². The Labute approximate surface area is 124 Å². The second kappa shape index (κ2) is 6.98. The molecule has 2 N–H and O–H groups in total. The first-order chi connectivity index (χ1) is 10.1. The summed E-state index contributed by atoms with van der Waals surface area (Å²) in [7, 11) is 1.71. The van der Waals surface area contributed by atoms with Crippen molar-refractivity contribution in [3.63, 3.8) is 0 Å². The van der Waals surface area contributed by atoms with E-state index in [0.29, 0.717) is 17.5 Å². The maximum absolute atomic E-state index is 10.6. The standard InChI is InChI=1S/C15H22N2O4/c1-21-9-8-15(6-7-15)11-16-10-14(18)12-2-4-13(5-3-12)17(19)20/h2-5,14,16,18H,6-11H2,1H3. The van der Waals surface area contributed by atoms with Crippen molar-refractivity contribution in [3.8, 4) is 0 Å². The van der Waals surface area contributed by atoms with Crippen molar-refractivity contribution < 1.29 is 14.8 Å². The molecule has 116 valence electrons. The van der Waals surface area contributed by atoms with Crippen molar-refractivity contribution in [2.75, 3.05) is 26.8 Å². The fraction of sp³-hybridized carbons (Fsp3) is 0.600. The first kappa shape index (κ1) is 15.9. The van der Waals surface area contributed by atoms with Gasteiger partial charge < -0.3 is 15.2 Å². The normalized spacial score (nSPS) is 17.4. The van der Waals surface area contributed by atoms with Gasteiger partial charge in [-0.25, -0.2) is 0 Å². The average Bonchev–Trinajstić information content (AvgIpc) is 3.25. The van der Waals surface area contributed by atoms with Crippen LogP contribution >= 0.6 is 0 Å². The van der Waals surface area contributed by atoms with E-state index in [1.54, 1.807) is 19.2 Å². The summed E-state index contributed by atoms with van der Waals surface area (Å²) in [6, 6.07) is 6.03. The molecule has 1 aromatic carbocycles. The number of methoxy groups -OCH3 is 1. The number of nitrogens with zero attached hydrogens (tertiary/aromatic N) is 1. The second-order valence-electron chi connectivity index (χ2n) is 5.74. The number of hydrogen-bond acceptors (Lipinski definition) is 5. The number of nitro groups is 1. The Morgan fingerprint density at radius 2 is 2.10 bits per heavy atom. The molecule has 0 spiro atoms. The van der Waals surface area contributed by atoms with Gasteiger partial charge >= 0.3 is 0 Å². The molecule has 1 saturated carbocycles. The van der Waals surface area contributed by atoms with E-state index in [1.807, 2.05) is 0 Å². The van der Waals surface area contributed by atoms with E-state index in [4.69, 9.17) is 4.74 Å². The molecule has 1 fully saturated rings. The minimum atomic E-state index is -0.649. The van der Waals surface area contributed by atoms with Gasteiger partial charge in [0, 0.05) is 38.9 Å². The molecule has 2 rings (SSSR count). The lowest BCUT2D eigenvalue weighted by molar-refractivity contribution is -0.384. The molecular formula is C15H22N2O4. The number of rotatable bonds is 9. The molecule has 1 aliphatic carbocycles.